The summed E-state index contributed by atoms with van der Waals surface area (Å²) < 4.78 is 5.21. The summed E-state index contributed by atoms with van der Waals surface area (Å²) in [6, 6.07) is 0. The van der Waals surface area contributed by atoms with Crippen LogP contribution in [0.25, 0.3) is 0 Å². The maximum atomic E-state index is 12.0. The molecule has 0 saturated heterocycles. The molecule has 0 radical (unpaired) electrons. The van der Waals surface area contributed by atoms with Crippen molar-refractivity contribution < 1.29 is 9.32 Å². The van der Waals surface area contributed by atoms with E-state index in [0.717, 1.165) is 37.9 Å². The lowest BCUT2D eigenvalue weighted by Crippen LogP contribution is -2.51. The van der Waals surface area contributed by atoms with Crippen molar-refractivity contribution in [3.63, 3.8) is 0 Å². The number of carbonyl (C=O) groups is 1. The minimum Gasteiger partial charge on any atom is -0.349 e. The monoisotopic (exact) mass is 328 g/mol. The van der Waals surface area contributed by atoms with Crippen molar-refractivity contribution in [1.29, 1.82) is 0 Å². The van der Waals surface area contributed by atoms with Gasteiger partial charge in [0.25, 0.3) is 0 Å². The Morgan fingerprint density at radius 3 is 2.73 bits per heavy atom. The molecule has 7 heteroatoms. The molecule has 2 saturated carbocycles. The van der Waals surface area contributed by atoms with Gasteiger partial charge >= 0.3 is 0 Å². The van der Waals surface area contributed by atoms with Crippen molar-refractivity contribution in [2.24, 2.45) is 5.73 Å². The van der Waals surface area contributed by atoms with Crippen LogP contribution < -0.4 is 11.1 Å². The molecule has 1 aromatic heterocycles. The van der Waals surface area contributed by atoms with Crippen LogP contribution in [0.2, 0.25) is 0 Å². The van der Waals surface area contributed by atoms with E-state index in [2.05, 4.69) is 15.5 Å². The van der Waals surface area contributed by atoms with Crippen molar-refractivity contribution in [2.75, 3.05) is 6.54 Å². The number of nitrogens with two attached hydrogens (primary N) is 1. The van der Waals surface area contributed by atoms with Gasteiger partial charge in [-0.15, -0.1) is 12.4 Å². The molecule has 124 valence electrons. The minimum atomic E-state index is -0.152. The summed E-state index contributed by atoms with van der Waals surface area (Å²) in [6.45, 7) is 0.535. The molecule has 2 fully saturated rings. The lowest BCUT2D eigenvalue weighted by Gasteiger charge is -2.28. The van der Waals surface area contributed by atoms with E-state index in [0.29, 0.717) is 31.2 Å². The van der Waals surface area contributed by atoms with E-state index in [-0.39, 0.29) is 23.9 Å². The second kappa shape index (κ2) is 7.42. The van der Waals surface area contributed by atoms with Crippen molar-refractivity contribution in [3.8, 4) is 0 Å². The van der Waals surface area contributed by atoms with E-state index in [4.69, 9.17) is 10.3 Å². The van der Waals surface area contributed by atoms with Gasteiger partial charge in [-0.1, -0.05) is 18.0 Å². The lowest BCUT2D eigenvalue weighted by molar-refractivity contribution is -0.123. The number of rotatable bonds is 7. The van der Waals surface area contributed by atoms with Gasteiger partial charge in [-0.3, -0.25) is 4.79 Å². The first-order valence-electron chi connectivity index (χ1n) is 8.04. The van der Waals surface area contributed by atoms with E-state index in [1.54, 1.807) is 0 Å². The van der Waals surface area contributed by atoms with Gasteiger partial charge in [-0.25, -0.2) is 0 Å². The highest BCUT2D eigenvalue weighted by molar-refractivity contribution is 5.85. The summed E-state index contributed by atoms with van der Waals surface area (Å²) in [5.41, 5.74) is 5.67. The average molecular weight is 329 g/mol. The molecule has 3 rings (SSSR count). The number of halogens is 1. The Bertz CT molecular complexity index is 495. The number of amides is 1. The van der Waals surface area contributed by atoms with Gasteiger partial charge < -0.3 is 15.6 Å². The van der Waals surface area contributed by atoms with Crippen LogP contribution in [-0.2, 0) is 11.2 Å². The molecule has 0 aromatic carbocycles. The third kappa shape index (κ3) is 4.20. The van der Waals surface area contributed by atoms with Crippen LogP contribution in [0.4, 0.5) is 0 Å². The van der Waals surface area contributed by atoms with Crippen molar-refractivity contribution >= 4 is 18.3 Å². The molecule has 0 bridgehead atoms. The zero-order valence-corrected chi connectivity index (χ0v) is 13.7. The fourth-order valence-corrected chi connectivity index (χ4v) is 3.07. The van der Waals surface area contributed by atoms with Crippen LogP contribution in [0.5, 0.6) is 0 Å². The summed E-state index contributed by atoms with van der Waals surface area (Å²) >= 11 is 0. The minimum absolute atomic E-state index is 0. The Morgan fingerprint density at radius 1 is 1.36 bits per heavy atom. The predicted octanol–water partition coefficient (Wildman–Crippen LogP) is 2.08. The highest BCUT2D eigenvalue weighted by Gasteiger charge is 2.33. The molecule has 0 aliphatic heterocycles. The molecule has 2 aliphatic rings. The van der Waals surface area contributed by atoms with Gasteiger partial charge in [0.15, 0.2) is 5.82 Å². The Hall–Kier alpha value is -1.14. The summed E-state index contributed by atoms with van der Waals surface area (Å²) in [7, 11) is 0. The van der Waals surface area contributed by atoms with Gasteiger partial charge in [-0.05, 0) is 32.1 Å². The maximum Gasteiger partial charge on any atom is 0.226 e. The molecule has 0 unspecified atom stereocenters. The molecule has 1 amide bonds. The zero-order valence-electron chi connectivity index (χ0n) is 12.8. The Balaban J connectivity index is 0.00000176. The van der Waals surface area contributed by atoms with E-state index >= 15 is 0 Å². The smallest absolute Gasteiger partial charge is 0.226 e. The molecule has 0 atom stereocenters. The second-order valence-electron chi connectivity index (χ2n) is 6.41. The standard InChI is InChI=1S/C15H24N4O2.ClH/c16-10-15(8-1-2-9-15)18-12(20)4-3-5-13-17-14(19-21-13)11-6-7-11;/h11H,1-10,16H2,(H,18,20);1H. The summed E-state index contributed by atoms with van der Waals surface area (Å²) in [4.78, 5) is 16.4. The highest BCUT2D eigenvalue weighted by atomic mass is 35.5. The fraction of sp³-hybridized carbons (Fsp3) is 0.800. The Morgan fingerprint density at radius 2 is 2.09 bits per heavy atom. The number of aromatic nitrogens is 2. The molecule has 0 spiro atoms. The summed E-state index contributed by atoms with van der Waals surface area (Å²) in [6.07, 6.45) is 8.55. The van der Waals surface area contributed by atoms with Crippen LogP contribution in [0.1, 0.15) is 69.0 Å². The Kier molecular flexibility index (Phi) is 5.81. The predicted molar refractivity (Wildman–Crippen MR) is 84.9 cm³/mol. The molecule has 1 heterocycles. The van der Waals surface area contributed by atoms with Crippen LogP contribution in [0.15, 0.2) is 4.52 Å². The quantitative estimate of drug-likeness (QED) is 0.799. The molecule has 6 nitrogen and oxygen atoms in total. The first-order valence-corrected chi connectivity index (χ1v) is 8.04. The molecule has 1 aromatic rings. The van der Waals surface area contributed by atoms with Crippen molar-refractivity contribution in [3.05, 3.63) is 11.7 Å². The highest BCUT2D eigenvalue weighted by Crippen LogP contribution is 2.38. The fourth-order valence-electron chi connectivity index (χ4n) is 3.07. The average Bonchev–Trinajstić information content (AvgIpc) is 3.04. The van der Waals surface area contributed by atoms with E-state index in [1.807, 2.05) is 0 Å². The first kappa shape index (κ1) is 17.2. The third-order valence-electron chi connectivity index (χ3n) is 4.58. The number of hydrogen-bond acceptors (Lipinski definition) is 5. The van der Waals surface area contributed by atoms with Gasteiger partial charge in [0.05, 0.1) is 5.54 Å². The molecular weight excluding hydrogens is 304 g/mol. The number of aryl methyl sites for hydroxylation is 1. The van der Waals surface area contributed by atoms with Crippen LogP contribution >= 0.6 is 12.4 Å². The topological polar surface area (TPSA) is 94.0 Å². The number of carbonyl (C=O) groups excluding carboxylic acids is 1. The number of hydrogen-bond donors (Lipinski definition) is 2. The zero-order chi connectivity index (χ0) is 14.7. The van der Waals surface area contributed by atoms with Crippen molar-refractivity contribution in [1.82, 2.24) is 15.5 Å². The maximum absolute atomic E-state index is 12.0. The van der Waals surface area contributed by atoms with Gasteiger partial charge in [0, 0.05) is 25.3 Å². The second-order valence-corrected chi connectivity index (χ2v) is 6.41. The molecule has 2 aliphatic carbocycles. The van der Waals surface area contributed by atoms with E-state index < -0.39 is 0 Å². The van der Waals surface area contributed by atoms with Gasteiger partial charge in [-0.2, -0.15) is 4.98 Å². The van der Waals surface area contributed by atoms with E-state index in [1.165, 1.54) is 12.8 Å². The van der Waals surface area contributed by atoms with Crippen LogP contribution in [0, 0.1) is 0 Å². The lowest BCUT2D eigenvalue weighted by atomic mass is 9.97. The molecular formula is C15H25ClN4O2. The Labute approximate surface area is 137 Å². The van der Waals surface area contributed by atoms with Crippen LogP contribution in [-0.4, -0.2) is 28.1 Å². The first-order chi connectivity index (χ1) is 10.2. The third-order valence-corrected chi connectivity index (χ3v) is 4.58. The largest absolute Gasteiger partial charge is 0.349 e. The number of nitrogens with one attached hydrogen (secondary N) is 1. The van der Waals surface area contributed by atoms with E-state index in [9.17, 15) is 4.79 Å². The van der Waals surface area contributed by atoms with Gasteiger partial charge in [0.2, 0.25) is 11.8 Å². The van der Waals surface area contributed by atoms with Crippen LogP contribution in [0.3, 0.4) is 0 Å². The number of nitrogens with zero attached hydrogens (tertiary/aromatic N) is 2. The normalized spacial score (nSPS) is 19.7. The SMILES string of the molecule is Cl.NCC1(NC(=O)CCCc2nc(C3CC3)no2)CCCC1. The molecule has 22 heavy (non-hydrogen) atoms. The van der Waals surface area contributed by atoms with Gasteiger partial charge in [0.1, 0.15) is 0 Å². The summed E-state index contributed by atoms with van der Waals surface area (Å²) in [5, 5.41) is 7.11. The van der Waals surface area contributed by atoms with Crippen molar-refractivity contribution in [2.45, 2.75) is 69.2 Å². The molecule has 3 N–H and O–H groups in total. The summed E-state index contributed by atoms with van der Waals surface area (Å²) in [5.74, 6) is 2.09.